The Morgan fingerprint density at radius 3 is 2.64 bits per heavy atom. The van der Waals surface area contributed by atoms with Gasteiger partial charge in [-0.05, 0) is 31.2 Å². The van der Waals surface area contributed by atoms with Gasteiger partial charge in [-0.3, -0.25) is 4.79 Å². The smallest absolute Gasteiger partial charge is 0.252 e. The normalized spacial score (nSPS) is 8.71. The molecule has 0 unspecified atom stereocenters. The molecule has 72 valence electrons. The van der Waals surface area contributed by atoms with Gasteiger partial charge in [-0.1, -0.05) is 5.92 Å². The van der Waals surface area contributed by atoms with Crippen molar-refractivity contribution < 1.29 is 9.18 Å². The second-order valence-corrected chi connectivity index (χ2v) is 2.62. The SMILES string of the molecule is CC#CCNC(=O)c1ccc(F)cc1. The molecule has 0 aliphatic carbocycles. The van der Waals surface area contributed by atoms with E-state index >= 15 is 0 Å². The molecule has 0 aromatic heterocycles. The highest BCUT2D eigenvalue weighted by Gasteiger charge is 2.02. The summed E-state index contributed by atoms with van der Waals surface area (Å²) in [5.74, 6) is 4.77. The van der Waals surface area contributed by atoms with Gasteiger partial charge in [-0.2, -0.15) is 0 Å². The van der Waals surface area contributed by atoms with Gasteiger partial charge in [0, 0.05) is 5.56 Å². The summed E-state index contributed by atoms with van der Waals surface area (Å²) in [7, 11) is 0. The average Bonchev–Trinajstić information content (AvgIpc) is 2.19. The van der Waals surface area contributed by atoms with Crippen LogP contribution in [-0.4, -0.2) is 12.5 Å². The van der Waals surface area contributed by atoms with Gasteiger partial charge in [0.2, 0.25) is 0 Å². The first-order chi connectivity index (χ1) is 6.74. The fourth-order valence-corrected chi connectivity index (χ4v) is 0.916. The molecule has 0 radical (unpaired) electrons. The first kappa shape index (κ1) is 10.3. The van der Waals surface area contributed by atoms with E-state index in [4.69, 9.17) is 0 Å². The Morgan fingerprint density at radius 1 is 1.43 bits per heavy atom. The standard InChI is InChI=1S/C11H10FNO/c1-2-3-8-13-11(14)9-4-6-10(12)7-5-9/h4-7H,8H2,1H3,(H,13,14). The quantitative estimate of drug-likeness (QED) is 0.706. The molecule has 0 aliphatic heterocycles. The van der Waals surface area contributed by atoms with Crippen LogP contribution in [0.4, 0.5) is 4.39 Å². The molecule has 0 bridgehead atoms. The number of carbonyl (C=O) groups is 1. The third kappa shape index (κ3) is 2.91. The van der Waals surface area contributed by atoms with Crippen LogP contribution >= 0.6 is 0 Å². The average molecular weight is 191 g/mol. The second-order valence-electron chi connectivity index (χ2n) is 2.62. The van der Waals surface area contributed by atoms with Crippen LogP contribution in [0.1, 0.15) is 17.3 Å². The lowest BCUT2D eigenvalue weighted by atomic mass is 10.2. The maximum atomic E-state index is 12.5. The Balaban J connectivity index is 2.59. The summed E-state index contributed by atoms with van der Waals surface area (Å²) < 4.78 is 12.5. The molecular formula is C11H10FNO. The van der Waals surface area contributed by atoms with Crippen LogP contribution in [0.5, 0.6) is 0 Å². The summed E-state index contributed by atoms with van der Waals surface area (Å²) in [6, 6.07) is 5.37. The number of hydrogen-bond donors (Lipinski definition) is 1. The third-order valence-corrected chi connectivity index (χ3v) is 1.62. The molecule has 1 amide bonds. The zero-order valence-corrected chi connectivity index (χ0v) is 7.80. The predicted molar refractivity (Wildman–Crippen MR) is 52.2 cm³/mol. The molecule has 1 rings (SSSR count). The zero-order chi connectivity index (χ0) is 10.4. The monoisotopic (exact) mass is 191 g/mol. The molecule has 1 aromatic rings. The Labute approximate surface area is 82.1 Å². The van der Waals surface area contributed by atoms with Gasteiger partial charge in [-0.15, -0.1) is 5.92 Å². The molecule has 0 heterocycles. The van der Waals surface area contributed by atoms with Crippen molar-refractivity contribution in [3.05, 3.63) is 35.6 Å². The number of benzene rings is 1. The van der Waals surface area contributed by atoms with Crippen molar-refractivity contribution in [2.24, 2.45) is 0 Å². The van der Waals surface area contributed by atoms with Crippen LogP contribution < -0.4 is 5.32 Å². The number of nitrogens with one attached hydrogen (secondary N) is 1. The number of amides is 1. The molecule has 0 fully saturated rings. The summed E-state index contributed by atoms with van der Waals surface area (Å²) in [5.41, 5.74) is 0.435. The van der Waals surface area contributed by atoms with Crippen LogP contribution in [0.2, 0.25) is 0 Å². The lowest BCUT2D eigenvalue weighted by molar-refractivity contribution is 0.0958. The van der Waals surface area contributed by atoms with Gasteiger partial charge in [0.05, 0.1) is 6.54 Å². The van der Waals surface area contributed by atoms with E-state index in [9.17, 15) is 9.18 Å². The van der Waals surface area contributed by atoms with E-state index in [-0.39, 0.29) is 11.7 Å². The van der Waals surface area contributed by atoms with Gasteiger partial charge in [0.25, 0.3) is 5.91 Å². The molecule has 3 heteroatoms. The molecular weight excluding hydrogens is 181 g/mol. The van der Waals surface area contributed by atoms with Crippen LogP contribution in [0.15, 0.2) is 24.3 Å². The minimum absolute atomic E-state index is 0.243. The van der Waals surface area contributed by atoms with E-state index in [0.29, 0.717) is 12.1 Å². The maximum Gasteiger partial charge on any atom is 0.252 e. The maximum absolute atomic E-state index is 12.5. The van der Waals surface area contributed by atoms with E-state index in [2.05, 4.69) is 17.2 Å². The van der Waals surface area contributed by atoms with Gasteiger partial charge in [0.1, 0.15) is 5.82 Å². The molecule has 0 saturated heterocycles. The van der Waals surface area contributed by atoms with E-state index < -0.39 is 0 Å². The highest BCUT2D eigenvalue weighted by atomic mass is 19.1. The Bertz CT molecular complexity index is 373. The second kappa shape index (κ2) is 5.03. The summed E-state index contributed by atoms with van der Waals surface area (Å²) >= 11 is 0. The lowest BCUT2D eigenvalue weighted by Crippen LogP contribution is -2.23. The van der Waals surface area contributed by atoms with E-state index in [1.165, 1.54) is 24.3 Å². The van der Waals surface area contributed by atoms with Gasteiger partial charge < -0.3 is 5.32 Å². The fourth-order valence-electron chi connectivity index (χ4n) is 0.916. The molecule has 14 heavy (non-hydrogen) atoms. The van der Waals surface area contributed by atoms with Crippen molar-refractivity contribution in [3.63, 3.8) is 0 Å². The Morgan fingerprint density at radius 2 is 2.07 bits per heavy atom. The predicted octanol–water partition coefficient (Wildman–Crippen LogP) is 1.58. The first-order valence-electron chi connectivity index (χ1n) is 4.17. The first-order valence-corrected chi connectivity index (χ1v) is 4.17. The van der Waals surface area contributed by atoms with Crippen molar-refractivity contribution in [1.29, 1.82) is 0 Å². The van der Waals surface area contributed by atoms with Crippen molar-refractivity contribution in [3.8, 4) is 11.8 Å². The molecule has 0 saturated carbocycles. The molecule has 2 nitrogen and oxygen atoms in total. The summed E-state index contributed by atoms with van der Waals surface area (Å²) in [4.78, 5) is 11.3. The number of rotatable bonds is 2. The molecule has 0 spiro atoms. The highest BCUT2D eigenvalue weighted by Crippen LogP contribution is 2.01. The summed E-state index contributed by atoms with van der Waals surface area (Å²) in [6.07, 6.45) is 0. The lowest BCUT2D eigenvalue weighted by Gasteiger charge is -2.00. The largest absolute Gasteiger partial charge is 0.341 e. The van der Waals surface area contributed by atoms with Gasteiger partial charge in [-0.25, -0.2) is 4.39 Å². The van der Waals surface area contributed by atoms with E-state index in [0.717, 1.165) is 0 Å². The van der Waals surface area contributed by atoms with Crippen molar-refractivity contribution in [1.82, 2.24) is 5.32 Å². The van der Waals surface area contributed by atoms with Crippen LogP contribution in [0.3, 0.4) is 0 Å². The number of halogens is 1. The van der Waals surface area contributed by atoms with Crippen molar-refractivity contribution >= 4 is 5.91 Å². The van der Waals surface area contributed by atoms with Crippen LogP contribution in [-0.2, 0) is 0 Å². The fraction of sp³-hybridized carbons (Fsp3) is 0.182. The molecule has 0 aliphatic rings. The van der Waals surface area contributed by atoms with E-state index in [1.807, 2.05) is 0 Å². The van der Waals surface area contributed by atoms with Crippen molar-refractivity contribution in [2.45, 2.75) is 6.92 Å². The summed E-state index contributed by atoms with van der Waals surface area (Å²) in [6.45, 7) is 2.01. The molecule has 1 N–H and O–H groups in total. The topological polar surface area (TPSA) is 29.1 Å². The van der Waals surface area contributed by atoms with E-state index in [1.54, 1.807) is 6.92 Å². The van der Waals surface area contributed by atoms with Crippen LogP contribution in [0, 0.1) is 17.7 Å². The highest BCUT2D eigenvalue weighted by molar-refractivity contribution is 5.94. The summed E-state index contributed by atoms with van der Waals surface area (Å²) in [5, 5.41) is 2.58. The zero-order valence-electron chi connectivity index (χ0n) is 7.80. The van der Waals surface area contributed by atoms with Gasteiger partial charge in [0.15, 0.2) is 0 Å². The number of hydrogen-bond acceptors (Lipinski definition) is 1. The molecule has 0 atom stereocenters. The minimum Gasteiger partial charge on any atom is -0.341 e. The number of carbonyl (C=O) groups excluding carboxylic acids is 1. The van der Waals surface area contributed by atoms with Crippen molar-refractivity contribution in [2.75, 3.05) is 6.54 Å². The molecule has 1 aromatic carbocycles. The van der Waals surface area contributed by atoms with Gasteiger partial charge >= 0.3 is 0 Å². The Kier molecular flexibility index (Phi) is 3.69. The Hall–Kier alpha value is -1.82. The third-order valence-electron chi connectivity index (χ3n) is 1.62. The minimum atomic E-state index is -0.352. The van der Waals surface area contributed by atoms with Crippen LogP contribution in [0.25, 0.3) is 0 Å².